The highest BCUT2D eigenvalue weighted by atomic mass is 35.5. The van der Waals surface area contributed by atoms with Crippen LogP contribution >= 0.6 is 11.6 Å². The summed E-state index contributed by atoms with van der Waals surface area (Å²) in [6, 6.07) is 7.62. The molecule has 0 radical (unpaired) electrons. The maximum absolute atomic E-state index is 5.99. The summed E-state index contributed by atoms with van der Waals surface area (Å²) in [5, 5.41) is 0.733. The first kappa shape index (κ1) is 10.3. The van der Waals surface area contributed by atoms with E-state index in [0.717, 1.165) is 22.6 Å². The predicted octanol–water partition coefficient (Wildman–Crippen LogP) is 3.31. The molecule has 0 bridgehead atoms. The normalized spacial score (nSPS) is 12.5. The van der Waals surface area contributed by atoms with Crippen molar-refractivity contribution in [2.75, 3.05) is 0 Å². The Balaban J connectivity index is 2.82. The van der Waals surface area contributed by atoms with Crippen LogP contribution in [0.4, 0.5) is 0 Å². The highest BCUT2D eigenvalue weighted by molar-refractivity contribution is 6.31. The second-order valence-electron chi connectivity index (χ2n) is 3.29. The van der Waals surface area contributed by atoms with Gasteiger partial charge in [-0.1, -0.05) is 35.4 Å². The minimum Gasteiger partial charge on any atom is -0.324 e. The molecule has 1 aromatic rings. The minimum absolute atomic E-state index is 0.0359. The zero-order valence-electron chi connectivity index (χ0n) is 7.76. The van der Waals surface area contributed by atoms with Gasteiger partial charge in [0.1, 0.15) is 0 Å². The molecule has 0 aliphatic heterocycles. The van der Waals surface area contributed by atoms with E-state index >= 15 is 0 Å². The van der Waals surface area contributed by atoms with E-state index in [1.54, 1.807) is 0 Å². The second-order valence-corrected chi connectivity index (χ2v) is 3.70. The lowest BCUT2D eigenvalue weighted by Crippen LogP contribution is -2.10. The standard InChI is InChI=1S/C11H14ClN/c1-8(2)7-11(13)9-5-3-4-6-10(9)12/h3-6,11H,1,7,13H2,2H3/t11-/m1/s1. The van der Waals surface area contributed by atoms with Crippen LogP contribution in [0.2, 0.25) is 5.02 Å². The van der Waals surface area contributed by atoms with Crippen LogP contribution in [0.15, 0.2) is 36.4 Å². The summed E-state index contributed by atoms with van der Waals surface area (Å²) in [6.45, 7) is 5.80. The third kappa shape index (κ3) is 2.87. The average molecular weight is 196 g/mol. The summed E-state index contributed by atoms with van der Waals surface area (Å²) in [4.78, 5) is 0. The van der Waals surface area contributed by atoms with Crippen LogP contribution in [-0.4, -0.2) is 0 Å². The number of rotatable bonds is 3. The Morgan fingerprint density at radius 2 is 2.15 bits per heavy atom. The second kappa shape index (κ2) is 4.45. The third-order valence-electron chi connectivity index (χ3n) is 1.87. The van der Waals surface area contributed by atoms with E-state index in [9.17, 15) is 0 Å². The molecular weight excluding hydrogens is 182 g/mol. The molecular formula is C11H14ClN. The van der Waals surface area contributed by atoms with E-state index < -0.39 is 0 Å². The van der Waals surface area contributed by atoms with Crippen molar-refractivity contribution in [3.8, 4) is 0 Å². The van der Waals surface area contributed by atoms with Crippen molar-refractivity contribution in [3.63, 3.8) is 0 Å². The topological polar surface area (TPSA) is 26.0 Å². The Morgan fingerprint density at radius 1 is 1.54 bits per heavy atom. The largest absolute Gasteiger partial charge is 0.324 e. The maximum Gasteiger partial charge on any atom is 0.0453 e. The first-order valence-corrected chi connectivity index (χ1v) is 4.63. The fourth-order valence-corrected chi connectivity index (χ4v) is 1.54. The average Bonchev–Trinajstić information content (AvgIpc) is 2.03. The van der Waals surface area contributed by atoms with Gasteiger partial charge in [0.25, 0.3) is 0 Å². The number of hydrogen-bond acceptors (Lipinski definition) is 1. The number of hydrogen-bond donors (Lipinski definition) is 1. The molecule has 13 heavy (non-hydrogen) atoms. The monoisotopic (exact) mass is 195 g/mol. The van der Waals surface area contributed by atoms with Gasteiger partial charge in [0.05, 0.1) is 0 Å². The molecule has 0 heterocycles. The van der Waals surface area contributed by atoms with E-state index in [1.165, 1.54) is 0 Å². The Morgan fingerprint density at radius 3 is 2.69 bits per heavy atom. The molecule has 0 aliphatic carbocycles. The van der Waals surface area contributed by atoms with E-state index in [0.29, 0.717) is 0 Å². The van der Waals surface area contributed by atoms with Gasteiger partial charge in [-0.3, -0.25) is 0 Å². The van der Waals surface area contributed by atoms with Gasteiger partial charge in [-0.15, -0.1) is 6.58 Å². The highest BCUT2D eigenvalue weighted by Crippen LogP contribution is 2.24. The van der Waals surface area contributed by atoms with Crippen molar-refractivity contribution >= 4 is 11.6 Å². The molecule has 0 saturated carbocycles. The van der Waals surface area contributed by atoms with Gasteiger partial charge in [-0.05, 0) is 25.0 Å². The first-order chi connectivity index (χ1) is 6.11. The molecule has 2 N–H and O–H groups in total. The highest BCUT2D eigenvalue weighted by Gasteiger charge is 2.08. The lowest BCUT2D eigenvalue weighted by molar-refractivity contribution is 0.717. The summed E-state index contributed by atoms with van der Waals surface area (Å²) >= 11 is 5.99. The molecule has 0 fully saturated rings. The van der Waals surface area contributed by atoms with Crippen LogP contribution in [0.3, 0.4) is 0 Å². The molecule has 1 atom stereocenters. The molecule has 0 aromatic heterocycles. The van der Waals surface area contributed by atoms with E-state index in [2.05, 4.69) is 6.58 Å². The molecule has 2 heteroatoms. The number of nitrogens with two attached hydrogens (primary N) is 1. The minimum atomic E-state index is -0.0359. The van der Waals surface area contributed by atoms with Gasteiger partial charge in [-0.25, -0.2) is 0 Å². The van der Waals surface area contributed by atoms with Crippen molar-refractivity contribution in [2.45, 2.75) is 19.4 Å². The van der Waals surface area contributed by atoms with E-state index in [-0.39, 0.29) is 6.04 Å². The molecule has 0 aliphatic rings. The van der Waals surface area contributed by atoms with E-state index in [4.69, 9.17) is 17.3 Å². The number of halogens is 1. The number of benzene rings is 1. The van der Waals surface area contributed by atoms with Crippen molar-refractivity contribution < 1.29 is 0 Å². The van der Waals surface area contributed by atoms with Crippen molar-refractivity contribution in [2.24, 2.45) is 5.73 Å². The fraction of sp³-hybridized carbons (Fsp3) is 0.273. The van der Waals surface area contributed by atoms with Crippen LogP contribution in [0.5, 0.6) is 0 Å². The van der Waals surface area contributed by atoms with Gasteiger partial charge in [0, 0.05) is 11.1 Å². The van der Waals surface area contributed by atoms with Crippen LogP contribution in [0, 0.1) is 0 Å². The molecule has 0 spiro atoms. The first-order valence-electron chi connectivity index (χ1n) is 4.25. The molecule has 1 aromatic carbocycles. The fourth-order valence-electron chi connectivity index (χ4n) is 1.26. The molecule has 70 valence electrons. The van der Waals surface area contributed by atoms with Gasteiger partial charge in [-0.2, -0.15) is 0 Å². The third-order valence-corrected chi connectivity index (χ3v) is 2.22. The van der Waals surface area contributed by atoms with Crippen LogP contribution < -0.4 is 5.73 Å². The summed E-state index contributed by atoms with van der Waals surface area (Å²) in [7, 11) is 0. The SMILES string of the molecule is C=C(C)C[C@@H](N)c1ccccc1Cl. The van der Waals surface area contributed by atoms with Crippen molar-refractivity contribution in [3.05, 3.63) is 47.0 Å². The van der Waals surface area contributed by atoms with E-state index in [1.807, 2.05) is 31.2 Å². The summed E-state index contributed by atoms with van der Waals surface area (Å²) in [5.41, 5.74) is 8.02. The van der Waals surface area contributed by atoms with Crippen LogP contribution in [0.25, 0.3) is 0 Å². The summed E-state index contributed by atoms with van der Waals surface area (Å²) < 4.78 is 0. The Bertz CT molecular complexity index is 307. The lowest BCUT2D eigenvalue weighted by Gasteiger charge is -2.12. The zero-order valence-corrected chi connectivity index (χ0v) is 8.51. The maximum atomic E-state index is 5.99. The summed E-state index contributed by atoms with van der Waals surface area (Å²) in [6.07, 6.45) is 0.781. The lowest BCUT2D eigenvalue weighted by atomic mass is 10.0. The van der Waals surface area contributed by atoms with Gasteiger partial charge >= 0.3 is 0 Å². The smallest absolute Gasteiger partial charge is 0.0453 e. The Labute approximate surface area is 84.2 Å². The van der Waals surface area contributed by atoms with Crippen molar-refractivity contribution in [1.29, 1.82) is 0 Å². The van der Waals surface area contributed by atoms with Crippen LogP contribution in [0.1, 0.15) is 24.9 Å². The molecule has 0 saturated heterocycles. The van der Waals surface area contributed by atoms with Crippen molar-refractivity contribution in [1.82, 2.24) is 0 Å². The molecule has 1 nitrogen and oxygen atoms in total. The molecule has 1 rings (SSSR count). The Hall–Kier alpha value is -0.790. The van der Waals surface area contributed by atoms with Crippen LogP contribution in [-0.2, 0) is 0 Å². The Kier molecular flexibility index (Phi) is 3.52. The zero-order chi connectivity index (χ0) is 9.84. The quantitative estimate of drug-likeness (QED) is 0.736. The molecule has 0 amide bonds. The van der Waals surface area contributed by atoms with Gasteiger partial charge < -0.3 is 5.73 Å². The predicted molar refractivity (Wildman–Crippen MR) is 57.8 cm³/mol. The van der Waals surface area contributed by atoms with Gasteiger partial charge in [0.15, 0.2) is 0 Å². The van der Waals surface area contributed by atoms with Gasteiger partial charge in [0.2, 0.25) is 0 Å². The molecule has 0 unspecified atom stereocenters. The summed E-state index contributed by atoms with van der Waals surface area (Å²) in [5.74, 6) is 0.